The number of nitrogens with zero attached hydrogens (tertiary/aromatic N) is 1. The topological polar surface area (TPSA) is 3.24 Å². The van der Waals surface area contributed by atoms with Crippen molar-refractivity contribution in [3.05, 3.63) is 64.9 Å². The van der Waals surface area contributed by atoms with Gasteiger partial charge in [0.15, 0.2) is 0 Å². The van der Waals surface area contributed by atoms with Gasteiger partial charge < -0.3 is 4.90 Å². The van der Waals surface area contributed by atoms with Crippen LogP contribution in [0.25, 0.3) is 5.70 Å². The molecule has 0 fully saturated rings. The van der Waals surface area contributed by atoms with Gasteiger partial charge in [-0.1, -0.05) is 48.5 Å². The molecular weight excluding hydrogens is 319 g/mol. The molecule has 91 valence electrons. The van der Waals surface area contributed by atoms with Crippen LogP contribution in [0.1, 0.15) is 18.1 Å². The smallest absolute Gasteiger partial charge is 0.0170 e. The Balaban J connectivity index is 0.00000162. The summed E-state index contributed by atoms with van der Waals surface area (Å²) < 4.78 is 0. The molecule has 2 rings (SSSR count). The van der Waals surface area contributed by atoms with Crippen molar-refractivity contribution in [1.82, 2.24) is 4.90 Å². The Morgan fingerprint density at radius 2 is 2.00 bits per heavy atom. The van der Waals surface area contributed by atoms with E-state index in [0.29, 0.717) is 5.03 Å². The minimum Gasteiger partial charge on any atom is -0.374 e. The van der Waals surface area contributed by atoms with E-state index >= 15 is 0 Å². The molecule has 1 aliphatic rings. The van der Waals surface area contributed by atoms with Gasteiger partial charge >= 0.3 is 0 Å². The molecule has 1 aromatic rings. The van der Waals surface area contributed by atoms with Crippen molar-refractivity contribution in [3.8, 4) is 0 Å². The summed E-state index contributed by atoms with van der Waals surface area (Å²) in [4.78, 5) is 2.09. The van der Waals surface area contributed by atoms with Crippen LogP contribution in [0.3, 0.4) is 0 Å². The molecule has 0 aliphatic carbocycles. The summed E-state index contributed by atoms with van der Waals surface area (Å²) in [5, 5.41) is 0.657. The molecule has 0 bridgehead atoms. The van der Waals surface area contributed by atoms with E-state index in [2.05, 4.69) is 43.5 Å². The Kier molecular flexibility index (Phi) is 5.84. The summed E-state index contributed by atoms with van der Waals surface area (Å²) in [7, 11) is 0. The second kappa shape index (κ2) is 6.70. The SMILES string of the molecule is C=C1C(Cl)=C[C-]=C(c2ccccc2C)N1CC.[Y]. The number of allylic oxidation sites excluding steroid dienone is 3. The molecule has 1 aromatic carbocycles. The summed E-state index contributed by atoms with van der Waals surface area (Å²) >= 11 is 6.08. The Labute approximate surface area is 139 Å². The van der Waals surface area contributed by atoms with Gasteiger partial charge in [0.1, 0.15) is 0 Å². The number of hydrogen-bond acceptors (Lipinski definition) is 1. The van der Waals surface area contributed by atoms with E-state index < -0.39 is 0 Å². The first-order valence-corrected chi connectivity index (χ1v) is 6.05. The van der Waals surface area contributed by atoms with Crippen molar-refractivity contribution in [2.24, 2.45) is 0 Å². The van der Waals surface area contributed by atoms with Crippen LogP contribution in [0.4, 0.5) is 0 Å². The van der Waals surface area contributed by atoms with Gasteiger partial charge in [-0.2, -0.15) is 23.8 Å². The number of rotatable bonds is 2. The first kappa shape index (κ1) is 15.7. The number of aryl methyl sites for hydroxylation is 1. The third-order valence-corrected chi connectivity index (χ3v) is 3.25. The maximum atomic E-state index is 6.08. The summed E-state index contributed by atoms with van der Waals surface area (Å²) in [5.74, 6) is 0. The standard InChI is InChI=1S/C15H15ClN.Y/c1-4-17-12(3)14(16)9-10-15(17)13-8-6-5-7-11(13)2;/h5-9H,3-4H2,1-2H3;/q-1;. The first-order chi connectivity index (χ1) is 8.15. The molecule has 18 heavy (non-hydrogen) atoms. The normalized spacial score (nSPS) is 14.8. The van der Waals surface area contributed by atoms with E-state index in [1.165, 1.54) is 11.1 Å². The first-order valence-electron chi connectivity index (χ1n) is 5.67. The van der Waals surface area contributed by atoms with E-state index in [9.17, 15) is 0 Å². The van der Waals surface area contributed by atoms with E-state index in [1.807, 2.05) is 12.1 Å². The second-order valence-electron chi connectivity index (χ2n) is 3.99. The van der Waals surface area contributed by atoms with E-state index in [4.69, 9.17) is 11.6 Å². The molecule has 3 heteroatoms. The van der Waals surface area contributed by atoms with Crippen molar-refractivity contribution in [2.75, 3.05) is 6.54 Å². The maximum absolute atomic E-state index is 6.08. The van der Waals surface area contributed by atoms with Crippen LogP contribution in [0.2, 0.25) is 0 Å². The van der Waals surface area contributed by atoms with Gasteiger partial charge in [-0.25, -0.2) is 0 Å². The molecule has 0 saturated carbocycles. The summed E-state index contributed by atoms with van der Waals surface area (Å²) in [6.07, 6.45) is 5.03. The molecule has 1 radical (unpaired) electrons. The van der Waals surface area contributed by atoms with Crippen molar-refractivity contribution in [2.45, 2.75) is 13.8 Å². The molecule has 0 amide bonds. The summed E-state index contributed by atoms with van der Waals surface area (Å²) in [6.45, 7) is 9.03. The average molecular weight is 334 g/mol. The van der Waals surface area contributed by atoms with Crippen LogP contribution in [-0.4, -0.2) is 11.4 Å². The quantitative estimate of drug-likeness (QED) is 0.736. The Bertz CT molecular complexity index is 517. The fraction of sp³-hybridized carbons (Fsp3) is 0.200. The fourth-order valence-electron chi connectivity index (χ4n) is 1.97. The van der Waals surface area contributed by atoms with Gasteiger partial charge in [-0.3, -0.25) is 0 Å². The van der Waals surface area contributed by atoms with Gasteiger partial charge in [-0.05, 0) is 17.7 Å². The third kappa shape index (κ3) is 2.96. The maximum Gasteiger partial charge on any atom is 0.0170 e. The average Bonchev–Trinajstić information content (AvgIpc) is 2.33. The van der Waals surface area contributed by atoms with Crippen molar-refractivity contribution in [3.63, 3.8) is 0 Å². The number of hydrogen-bond donors (Lipinski definition) is 0. The summed E-state index contributed by atoms with van der Waals surface area (Å²) in [6, 6.07) is 8.27. The largest absolute Gasteiger partial charge is 0.374 e. The van der Waals surface area contributed by atoms with Gasteiger partial charge in [0.05, 0.1) is 0 Å². The van der Waals surface area contributed by atoms with E-state index in [-0.39, 0.29) is 32.7 Å². The van der Waals surface area contributed by atoms with Crippen LogP contribution < -0.4 is 0 Å². The molecular formula is C15H15ClNY-. The zero-order valence-electron chi connectivity index (χ0n) is 10.7. The Hall–Kier alpha value is -0.366. The predicted octanol–water partition coefficient (Wildman–Crippen LogP) is 4.11. The minimum absolute atomic E-state index is 0. The second-order valence-corrected chi connectivity index (χ2v) is 4.40. The van der Waals surface area contributed by atoms with E-state index in [1.54, 1.807) is 6.08 Å². The molecule has 0 saturated heterocycles. The molecule has 0 N–H and O–H groups in total. The van der Waals surface area contributed by atoms with Crippen LogP contribution in [0.15, 0.2) is 47.6 Å². The fourth-order valence-corrected chi connectivity index (χ4v) is 2.12. The van der Waals surface area contributed by atoms with Crippen LogP contribution >= 0.6 is 11.6 Å². The Morgan fingerprint density at radius 3 is 2.61 bits per heavy atom. The molecule has 0 atom stereocenters. The van der Waals surface area contributed by atoms with Crippen molar-refractivity contribution in [1.29, 1.82) is 0 Å². The van der Waals surface area contributed by atoms with Gasteiger partial charge in [0.2, 0.25) is 0 Å². The van der Waals surface area contributed by atoms with Crippen molar-refractivity contribution >= 4 is 17.3 Å². The third-order valence-electron chi connectivity index (χ3n) is 2.92. The van der Waals surface area contributed by atoms with Crippen LogP contribution in [0.5, 0.6) is 0 Å². The monoisotopic (exact) mass is 333 g/mol. The Morgan fingerprint density at radius 1 is 1.33 bits per heavy atom. The molecule has 1 aliphatic heterocycles. The molecule has 1 nitrogen and oxygen atoms in total. The summed E-state index contributed by atoms with van der Waals surface area (Å²) in [5.41, 5.74) is 4.29. The van der Waals surface area contributed by atoms with Gasteiger partial charge in [0.25, 0.3) is 0 Å². The minimum atomic E-state index is 0. The number of halogens is 1. The molecule has 0 spiro atoms. The van der Waals surface area contributed by atoms with Crippen molar-refractivity contribution < 1.29 is 32.7 Å². The van der Waals surface area contributed by atoms with Gasteiger partial charge in [-0.15, -0.1) is 6.07 Å². The van der Waals surface area contributed by atoms with Crippen LogP contribution in [-0.2, 0) is 32.7 Å². The molecule has 0 unspecified atom stereocenters. The van der Waals surface area contributed by atoms with E-state index in [0.717, 1.165) is 17.9 Å². The number of likely N-dealkylation sites (N-methyl/N-ethyl adjacent to an activating group) is 1. The molecule has 1 heterocycles. The molecule has 0 aromatic heterocycles. The number of benzene rings is 1. The van der Waals surface area contributed by atoms with Gasteiger partial charge in [0, 0.05) is 39.3 Å². The zero-order valence-corrected chi connectivity index (χ0v) is 14.3. The van der Waals surface area contributed by atoms with Crippen LogP contribution in [0, 0.1) is 13.0 Å². The zero-order chi connectivity index (χ0) is 12.4. The predicted molar refractivity (Wildman–Crippen MR) is 73.3 cm³/mol.